The molecule has 3 nitrogen and oxygen atoms in total. The van der Waals surface area contributed by atoms with Crippen LogP contribution in [-0.2, 0) is 9.47 Å². The van der Waals surface area contributed by atoms with E-state index < -0.39 is 0 Å². The van der Waals surface area contributed by atoms with E-state index in [0.29, 0.717) is 0 Å². The molecular formula is C15H27NO2. The Balaban J connectivity index is 1.65. The Morgan fingerprint density at radius 3 is 2.72 bits per heavy atom. The molecule has 5 atom stereocenters. The van der Waals surface area contributed by atoms with E-state index in [4.69, 9.17) is 9.47 Å². The summed E-state index contributed by atoms with van der Waals surface area (Å²) in [4.78, 5) is 0. The van der Waals surface area contributed by atoms with Crippen molar-refractivity contribution in [1.29, 1.82) is 0 Å². The first-order chi connectivity index (χ1) is 8.74. The van der Waals surface area contributed by atoms with Crippen molar-refractivity contribution in [2.75, 3.05) is 26.9 Å². The van der Waals surface area contributed by atoms with Crippen molar-refractivity contribution in [3.8, 4) is 0 Å². The predicted molar refractivity (Wildman–Crippen MR) is 71.6 cm³/mol. The zero-order valence-electron chi connectivity index (χ0n) is 11.8. The van der Waals surface area contributed by atoms with Crippen LogP contribution in [0, 0.1) is 17.8 Å². The molecule has 0 radical (unpaired) electrons. The van der Waals surface area contributed by atoms with Crippen molar-refractivity contribution in [3.05, 3.63) is 0 Å². The summed E-state index contributed by atoms with van der Waals surface area (Å²) in [5, 5.41) is 3.49. The van der Waals surface area contributed by atoms with Crippen LogP contribution in [0.25, 0.3) is 0 Å². The maximum atomic E-state index is 6.06. The van der Waals surface area contributed by atoms with Gasteiger partial charge in [0.05, 0.1) is 12.2 Å². The second-order valence-electron chi connectivity index (χ2n) is 6.58. The highest BCUT2D eigenvalue weighted by atomic mass is 16.6. The Hall–Kier alpha value is -0.120. The fraction of sp³-hybridized carbons (Fsp3) is 1.00. The molecule has 0 amide bonds. The minimum absolute atomic E-state index is 0.0837. The van der Waals surface area contributed by atoms with E-state index in [1.165, 1.54) is 25.7 Å². The van der Waals surface area contributed by atoms with E-state index in [9.17, 15) is 0 Å². The lowest BCUT2D eigenvalue weighted by Crippen LogP contribution is -2.43. The van der Waals surface area contributed by atoms with Gasteiger partial charge in [-0.15, -0.1) is 0 Å². The topological polar surface area (TPSA) is 30.5 Å². The summed E-state index contributed by atoms with van der Waals surface area (Å²) < 4.78 is 11.6. The van der Waals surface area contributed by atoms with Gasteiger partial charge in [-0.05, 0) is 50.5 Å². The van der Waals surface area contributed by atoms with Crippen molar-refractivity contribution in [3.63, 3.8) is 0 Å². The second kappa shape index (κ2) is 5.10. The quantitative estimate of drug-likeness (QED) is 0.818. The second-order valence-corrected chi connectivity index (χ2v) is 6.58. The maximum absolute atomic E-state index is 6.06. The molecule has 5 unspecified atom stereocenters. The average Bonchev–Trinajstić information content (AvgIpc) is 2.97. The Morgan fingerprint density at radius 1 is 1.17 bits per heavy atom. The molecule has 2 saturated heterocycles. The van der Waals surface area contributed by atoms with Gasteiger partial charge in [-0.1, -0.05) is 6.92 Å². The minimum Gasteiger partial charge on any atom is -0.378 e. The third-order valence-electron chi connectivity index (χ3n) is 5.70. The van der Waals surface area contributed by atoms with Crippen molar-refractivity contribution in [2.45, 2.75) is 50.7 Å². The summed E-state index contributed by atoms with van der Waals surface area (Å²) in [6, 6.07) is 0.730. The van der Waals surface area contributed by atoms with E-state index in [1.807, 2.05) is 0 Å². The van der Waals surface area contributed by atoms with Gasteiger partial charge in [0.1, 0.15) is 0 Å². The van der Waals surface area contributed by atoms with E-state index >= 15 is 0 Å². The van der Waals surface area contributed by atoms with Crippen LogP contribution in [0.1, 0.15) is 39.0 Å². The maximum Gasteiger partial charge on any atom is 0.0939 e. The van der Waals surface area contributed by atoms with Gasteiger partial charge in [0.15, 0.2) is 0 Å². The lowest BCUT2D eigenvalue weighted by molar-refractivity contribution is -0.108. The molecule has 1 aliphatic carbocycles. The first kappa shape index (κ1) is 12.9. The fourth-order valence-electron chi connectivity index (χ4n) is 4.56. The van der Waals surface area contributed by atoms with Gasteiger partial charge in [-0.25, -0.2) is 0 Å². The number of rotatable bonds is 2. The summed E-state index contributed by atoms with van der Waals surface area (Å²) in [6.45, 7) is 5.11. The highest BCUT2D eigenvalue weighted by Gasteiger charge is 2.45. The molecule has 3 fully saturated rings. The predicted octanol–water partition coefficient (Wildman–Crippen LogP) is 2.21. The van der Waals surface area contributed by atoms with Crippen molar-refractivity contribution >= 4 is 0 Å². The van der Waals surface area contributed by atoms with Crippen LogP contribution < -0.4 is 5.32 Å². The number of ether oxygens (including phenoxy) is 2. The van der Waals surface area contributed by atoms with Crippen LogP contribution >= 0.6 is 0 Å². The third-order valence-corrected chi connectivity index (χ3v) is 5.70. The lowest BCUT2D eigenvalue weighted by atomic mass is 9.74. The van der Waals surface area contributed by atoms with Crippen LogP contribution in [0.4, 0.5) is 0 Å². The van der Waals surface area contributed by atoms with Gasteiger partial charge in [-0.3, -0.25) is 0 Å². The first-order valence-electron chi connectivity index (χ1n) is 7.63. The zero-order valence-corrected chi connectivity index (χ0v) is 11.8. The summed E-state index contributed by atoms with van der Waals surface area (Å²) >= 11 is 0. The highest BCUT2D eigenvalue weighted by molar-refractivity contribution is 4.96. The molecule has 3 heteroatoms. The molecule has 0 aromatic heterocycles. The van der Waals surface area contributed by atoms with Gasteiger partial charge < -0.3 is 14.8 Å². The molecule has 3 aliphatic rings. The number of nitrogens with one attached hydrogen (secondary N) is 1. The highest BCUT2D eigenvalue weighted by Crippen LogP contribution is 2.45. The van der Waals surface area contributed by atoms with E-state index in [1.54, 1.807) is 0 Å². The SMILES string of the molecule is CNC1CCC(C2CCOC3(CCOC3)C2)C1C. The standard InChI is InChI=1S/C15H27NO2/c1-11-13(3-4-14(11)16-2)12-5-7-18-15(9-12)6-8-17-10-15/h11-14,16H,3-10H2,1-2H3. The van der Waals surface area contributed by atoms with Gasteiger partial charge in [0.2, 0.25) is 0 Å². The molecule has 18 heavy (non-hydrogen) atoms. The first-order valence-corrected chi connectivity index (χ1v) is 7.63. The van der Waals surface area contributed by atoms with Gasteiger partial charge >= 0.3 is 0 Å². The molecule has 1 saturated carbocycles. The van der Waals surface area contributed by atoms with E-state index in [-0.39, 0.29) is 5.60 Å². The number of hydrogen-bond donors (Lipinski definition) is 1. The Kier molecular flexibility index (Phi) is 3.65. The molecule has 1 spiro atoms. The lowest BCUT2D eigenvalue weighted by Gasteiger charge is -2.41. The van der Waals surface area contributed by atoms with Crippen LogP contribution in [0.15, 0.2) is 0 Å². The monoisotopic (exact) mass is 253 g/mol. The molecule has 104 valence electrons. The molecule has 0 bridgehead atoms. The van der Waals surface area contributed by atoms with Crippen LogP contribution in [-0.4, -0.2) is 38.5 Å². The van der Waals surface area contributed by atoms with Crippen LogP contribution in [0.3, 0.4) is 0 Å². The smallest absolute Gasteiger partial charge is 0.0939 e. The van der Waals surface area contributed by atoms with Gasteiger partial charge in [-0.2, -0.15) is 0 Å². The molecule has 0 aromatic rings. The van der Waals surface area contributed by atoms with Gasteiger partial charge in [0.25, 0.3) is 0 Å². The van der Waals surface area contributed by atoms with Crippen LogP contribution in [0.2, 0.25) is 0 Å². The molecule has 1 N–H and O–H groups in total. The van der Waals surface area contributed by atoms with Crippen molar-refractivity contribution in [1.82, 2.24) is 5.32 Å². The summed E-state index contributed by atoms with van der Waals surface area (Å²) in [6.07, 6.45) is 6.35. The summed E-state index contributed by atoms with van der Waals surface area (Å²) in [5.41, 5.74) is 0.0837. The summed E-state index contributed by atoms with van der Waals surface area (Å²) in [7, 11) is 2.11. The van der Waals surface area contributed by atoms with Crippen LogP contribution in [0.5, 0.6) is 0 Å². The zero-order chi connectivity index (χ0) is 12.6. The van der Waals surface area contributed by atoms with Gasteiger partial charge in [0, 0.05) is 25.7 Å². The third kappa shape index (κ3) is 2.21. The van der Waals surface area contributed by atoms with E-state index in [2.05, 4.69) is 19.3 Å². The molecule has 2 heterocycles. The minimum atomic E-state index is 0.0837. The Morgan fingerprint density at radius 2 is 2.06 bits per heavy atom. The average molecular weight is 253 g/mol. The molecule has 2 aliphatic heterocycles. The van der Waals surface area contributed by atoms with Crippen molar-refractivity contribution < 1.29 is 9.47 Å². The summed E-state index contributed by atoms with van der Waals surface area (Å²) in [5.74, 6) is 2.56. The van der Waals surface area contributed by atoms with Crippen molar-refractivity contribution in [2.24, 2.45) is 17.8 Å². The normalized spacial score (nSPS) is 49.0. The number of hydrogen-bond acceptors (Lipinski definition) is 3. The Bertz CT molecular complexity index is 288. The largest absolute Gasteiger partial charge is 0.378 e. The molecule has 3 rings (SSSR count). The Labute approximate surface area is 111 Å². The fourth-order valence-corrected chi connectivity index (χ4v) is 4.56. The molecular weight excluding hydrogens is 226 g/mol. The van der Waals surface area contributed by atoms with E-state index in [0.717, 1.165) is 50.0 Å². The molecule has 0 aromatic carbocycles.